The number of ether oxygens (including phenoxy) is 6. The van der Waals surface area contributed by atoms with Crippen molar-refractivity contribution in [1.29, 1.82) is 0 Å². The molecule has 0 saturated carbocycles. The largest absolute Gasteiger partial charge is 0.491 e. The summed E-state index contributed by atoms with van der Waals surface area (Å²) < 4.78 is 33.0. The molecule has 1 aliphatic heterocycles. The van der Waals surface area contributed by atoms with E-state index >= 15 is 0 Å². The molecule has 1 heterocycles. The lowest BCUT2D eigenvalue weighted by Gasteiger charge is -2.31. The van der Waals surface area contributed by atoms with Gasteiger partial charge < -0.3 is 39.3 Å². The third-order valence-electron chi connectivity index (χ3n) is 4.82. The molecular formula is C22H36N2O8. The minimum Gasteiger partial charge on any atom is -0.491 e. The second kappa shape index (κ2) is 16.9. The van der Waals surface area contributed by atoms with Gasteiger partial charge in [-0.15, -0.1) is 0 Å². The fraction of sp³-hybridized carbons (Fsp3) is 0.727. The lowest BCUT2D eigenvalue weighted by atomic mass is 10.0. The molecule has 10 heteroatoms. The Morgan fingerprint density at radius 3 is 2.22 bits per heavy atom. The number of nitrogens with two attached hydrogens (primary N) is 1. The second-order valence-electron chi connectivity index (χ2n) is 7.34. The van der Waals surface area contributed by atoms with E-state index in [1.54, 1.807) is 0 Å². The first-order valence-corrected chi connectivity index (χ1v) is 11.1. The molecule has 3 unspecified atom stereocenters. The van der Waals surface area contributed by atoms with Crippen LogP contribution in [0, 0.1) is 4.91 Å². The van der Waals surface area contributed by atoms with Crippen LogP contribution in [0.5, 0.6) is 5.75 Å². The van der Waals surface area contributed by atoms with Gasteiger partial charge in [-0.1, -0.05) is 17.3 Å². The average Bonchev–Trinajstić information content (AvgIpc) is 2.83. The van der Waals surface area contributed by atoms with Gasteiger partial charge in [-0.2, -0.15) is 4.91 Å². The van der Waals surface area contributed by atoms with Gasteiger partial charge in [0.2, 0.25) is 0 Å². The number of rotatable bonds is 18. The quantitative estimate of drug-likeness (QED) is 0.248. The van der Waals surface area contributed by atoms with Crippen LogP contribution in [-0.2, 0) is 30.1 Å². The number of aliphatic hydroxyl groups is 1. The van der Waals surface area contributed by atoms with Gasteiger partial charge in [0.25, 0.3) is 0 Å². The zero-order valence-corrected chi connectivity index (χ0v) is 18.6. The number of aliphatic hydroxyl groups excluding tert-OH is 1. The van der Waals surface area contributed by atoms with E-state index < -0.39 is 12.4 Å². The van der Waals surface area contributed by atoms with Crippen molar-refractivity contribution in [3.8, 4) is 5.75 Å². The molecule has 3 N–H and O–H groups in total. The molecule has 0 aromatic heterocycles. The highest BCUT2D eigenvalue weighted by Crippen LogP contribution is 2.23. The van der Waals surface area contributed by atoms with Crippen molar-refractivity contribution in [2.45, 2.75) is 37.7 Å². The first-order chi connectivity index (χ1) is 15.7. The summed E-state index contributed by atoms with van der Waals surface area (Å²) in [4.78, 5) is 10.8. The molecule has 0 amide bonds. The first kappa shape index (κ1) is 26.6. The Morgan fingerprint density at radius 2 is 1.59 bits per heavy atom. The van der Waals surface area contributed by atoms with E-state index in [-0.39, 0.29) is 12.6 Å². The van der Waals surface area contributed by atoms with E-state index in [2.05, 4.69) is 5.18 Å². The average molecular weight is 457 g/mol. The monoisotopic (exact) mass is 456 g/mol. The van der Waals surface area contributed by atoms with E-state index in [1.807, 2.05) is 24.3 Å². The van der Waals surface area contributed by atoms with E-state index in [0.29, 0.717) is 78.7 Å². The molecule has 3 atom stereocenters. The van der Waals surface area contributed by atoms with Crippen molar-refractivity contribution in [1.82, 2.24) is 0 Å². The summed E-state index contributed by atoms with van der Waals surface area (Å²) in [6.45, 7) is 4.41. The van der Waals surface area contributed by atoms with Gasteiger partial charge >= 0.3 is 0 Å². The molecule has 10 nitrogen and oxygen atoms in total. The van der Waals surface area contributed by atoms with Crippen LogP contribution >= 0.6 is 0 Å². The predicted molar refractivity (Wildman–Crippen MR) is 118 cm³/mol. The molecule has 1 aromatic carbocycles. The molecule has 0 spiro atoms. The van der Waals surface area contributed by atoms with Crippen LogP contribution in [0.3, 0.4) is 0 Å². The van der Waals surface area contributed by atoms with Crippen LogP contribution in [0.4, 0.5) is 0 Å². The van der Waals surface area contributed by atoms with Gasteiger partial charge in [0, 0.05) is 19.4 Å². The summed E-state index contributed by atoms with van der Waals surface area (Å²) in [5.74, 6) is 0.771. The van der Waals surface area contributed by atoms with Crippen molar-refractivity contribution < 1.29 is 33.5 Å². The summed E-state index contributed by atoms with van der Waals surface area (Å²) in [6.07, 6.45) is 0.644. The molecular weight excluding hydrogens is 420 g/mol. The third kappa shape index (κ3) is 11.3. The Hall–Kier alpha value is -1.66. The molecule has 182 valence electrons. The summed E-state index contributed by atoms with van der Waals surface area (Å²) in [7, 11) is 0. The first-order valence-electron chi connectivity index (χ1n) is 11.1. The number of nitrogens with zero attached hydrogens (tertiary/aromatic N) is 1. The van der Waals surface area contributed by atoms with E-state index in [0.717, 1.165) is 11.3 Å². The van der Waals surface area contributed by atoms with E-state index in [1.165, 1.54) is 0 Å². The highest BCUT2D eigenvalue weighted by Gasteiger charge is 2.30. The Kier molecular flexibility index (Phi) is 14.0. The van der Waals surface area contributed by atoms with Gasteiger partial charge in [-0.05, 0) is 24.1 Å². The van der Waals surface area contributed by atoms with Gasteiger partial charge in [-0.25, -0.2) is 0 Å². The summed E-state index contributed by atoms with van der Waals surface area (Å²) in [5.41, 5.74) is 6.42. The van der Waals surface area contributed by atoms with Crippen molar-refractivity contribution in [3.05, 3.63) is 34.7 Å². The minimum atomic E-state index is -0.513. The standard InChI is InChI=1S/C22H36N2O8/c23-6-8-27-9-10-28-11-12-29-13-14-30-20-3-1-18(2-4-20)5-7-31-22-16-19(24-26)15-21(17-25)32-22/h1-4,19,21-22,25H,5-17,23H2. The van der Waals surface area contributed by atoms with E-state index in [9.17, 15) is 10.0 Å². The van der Waals surface area contributed by atoms with Crippen LogP contribution in [0.25, 0.3) is 0 Å². The fourth-order valence-corrected chi connectivity index (χ4v) is 3.16. The maximum atomic E-state index is 10.8. The van der Waals surface area contributed by atoms with Crippen molar-refractivity contribution in [2.24, 2.45) is 10.9 Å². The molecule has 1 fully saturated rings. The Bertz CT molecular complexity index is 604. The summed E-state index contributed by atoms with van der Waals surface area (Å²) >= 11 is 0. The summed E-state index contributed by atoms with van der Waals surface area (Å²) in [6, 6.07) is 7.40. The molecule has 0 radical (unpaired) electrons. The van der Waals surface area contributed by atoms with Crippen molar-refractivity contribution in [3.63, 3.8) is 0 Å². The maximum absolute atomic E-state index is 10.8. The van der Waals surface area contributed by atoms with Gasteiger partial charge in [0.15, 0.2) is 6.29 Å². The predicted octanol–water partition coefficient (Wildman–Crippen LogP) is 1.27. The Balaban J connectivity index is 1.50. The zero-order chi connectivity index (χ0) is 22.9. The van der Waals surface area contributed by atoms with Crippen LogP contribution < -0.4 is 10.5 Å². The number of benzene rings is 1. The lowest BCUT2D eigenvalue weighted by Crippen LogP contribution is -2.38. The highest BCUT2D eigenvalue weighted by molar-refractivity contribution is 5.27. The summed E-state index contributed by atoms with van der Waals surface area (Å²) in [5, 5.41) is 12.3. The smallest absolute Gasteiger partial charge is 0.160 e. The molecule has 1 aliphatic rings. The maximum Gasteiger partial charge on any atom is 0.160 e. The van der Waals surface area contributed by atoms with Crippen LogP contribution in [0.1, 0.15) is 18.4 Å². The molecule has 0 bridgehead atoms. The Morgan fingerprint density at radius 1 is 0.938 bits per heavy atom. The van der Waals surface area contributed by atoms with Gasteiger partial charge in [0.05, 0.1) is 65.0 Å². The van der Waals surface area contributed by atoms with E-state index in [4.69, 9.17) is 34.2 Å². The van der Waals surface area contributed by atoms with Crippen LogP contribution in [0.2, 0.25) is 0 Å². The van der Waals surface area contributed by atoms with Gasteiger partial charge in [-0.3, -0.25) is 0 Å². The minimum absolute atomic E-state index is 0.142. The molecule has 0 aliphatic carbocycles. The molecule has 1 aromatic rings. The molecule has 1 saturated heterocycles. The number of hydrogen-bond acceptors (Lipinski definition) is 10. The fourth-order valence-electron chi connectivity index (χ4n) is 3.16. The Labute approximate surface area is 189 Å². The van der Waals surface area contributed by atoms with Gasteiger partial charge in [0.1, 0.15) is 12.4 Å². The SMILES string of the molecule is NCCOCCOCCOCCOc1ccc(CCOC2CC(N=O)CC(CO)O2)cc1. The third-order valence-corrected chi connectivity index (χ3v) is 4.82. The van der Waals surface area contributed by atoms with Crippen LogP contribution in [0.15, 0.2) is 29.4 Å². The molecule has 2 rings (SSSR count). The molecule has 32 heavy (non-hydrogen) atoms. The van der Waals surface area contributed by atoms with Crippen molar-refractivity contribution >= 4 is 0 Å². The number of nitroso groups, excluding NO2 is 1. The zero-order valence-electron chi connectivity index (χ0n) is 18.6. The second-order valence-corrected chi connectivity index (χ2v) is 7.34. The lowest BCUT2D eigenvalue weighted by molar-refractivity contribution is -0.203. The van der Waals surface area contributed by atoms with Crippen LogP contribution in [-0.4, -0.2) is 89.5 Å². The normalized spacial score (nSPS) is 20.9. The topological polar surface area (TPSA) is 131 Å². The highest BCUT2D eigenvalue weighted by atomic mass is 16.7. The van der Waals surface area contributed by atoms with Crippen molar-refractivity contribution in [2.75, 3.05) is 66.0 Å². The number of hydrogen-bond donors (Lipinski definition) is 2.